The summed E-state index contributed by atoms with van der Waals surface area (Å²) in [7, 11) is -3.39. The van der Waals surface area contributed by atoms with Crippen molar-refractivity contribution in [2.24, 2.45) is 0 Å². The summed E-state index contributed by atoms with van der Waals surface area (Å²) in [5.74, 6) is 0.821. The first-order valence-electron chi connectivity index (χ1n) is 8.06. The van der Waals surface area contributed by atoms with Gasteiger partial charge in [0.1, 0.15) is 5.75 Å². The van der Waals surface area contributed by atoms with Gasteiger partial charge in [-0.1, -0.05) is 13.8 Å². The van der Waals surface area contributed by atoms with Gasteiger partial charge in [-0.2, -0.15) is 4.31 Å². The Kier molecular flexibility index (Phi) is 4.43. The molecule has 0 bridgehead atoms. The van der Waals surface area contributed by atoms with Crippen LogP contribution >= 0.6 is 0 Å². The van der Waals surface area contributed by atoms with Crippen LogP contribution < -0.4 is 4.74 Å². The Balaban J connectivity index is 1.79. The van der Waals surface area contributed by atoms with E-state index in [0.29, 0.717) is 30.6 Å². The first kappa shape index (κ1) is 15.8. The molecule has 0 aliphatic carbocycles. The lowest BCUT2D eigenvalue weighted by Gasteiger charge is -2.26. The number of likely N-dealkylation sites (N-methyl/N-ethyl adjacent to an activating group) is 1. The lowest BCUT2D eigenvalue weighted by Crippen LogP contribution is -2.38. The monoisotopic (exact) mass is 324 g/mol. The van der Waals surface area contributed by atoms with Gasteiger partial charge in [-0.25, -0.2) is 8.42 Å². The lowest BCUT2D eigenvalue weighted by atomic mass is 10.2. The van der Waals surface area contributed by atoms with Crippen LogP contribution in [0.25, 0.3) is 0 Å². The summed E-state index contributed by atoms with van der Waals surface area (Å²) in [5, 5.41) is 0. The zero-order valence-electron chi connectivity index (χ0n) is 13.3. The van der Waals surface area contributed by atoms with Gasteiger partial charge in [-0.05, 0) is 43.3 Å². The van der Waals surface area contributed by atoms with Gasteiger partial charge in [-0.15, -0.1) is 0 Å². The lowest BCUT2D eigenvalue weighted by molar-refractivity contribution is 0.224. The topological polar surface area (TPSA) is 49.9 Å². The highest BCUT2D eigenvalue weighted by atomic mass is 32.2. The molecule has 1 aromatic rings. The van der Waals surface area contributed by atoms with Crippen LogP contribution in [0.1, 0.15) is 25.8 Å². The molecule has 0 N–H and O–H groups in total. The van der Waals surface area contributed by atoms with E-state index < -0.39 is 10.0 Å². The molecule has 6 heteroatoms. The first-order valence-corrected chi connectivity index (χ1v) is 9.50. The van der Waals surface area contributed by atoms with Crippen LogP contribution in [0.3, 0.4) is 0 Å². The SMILES string of the molecule is CCN(CC)C1CCN(S(=O)(=O)c2ccc3c(c2)CCO3)C1. The van der Waals surface area contributed by atoms with E-state index >= 15 is 0 Å². The summed E-state index contributed by atoms with van der Waals surface area (Å²) >= 11 is 0. The van der Waals surface area contributed by atoms with Crippen molar-refractivity contribution in [3.05, 3.63) is 23.8 Å². The summed E-state index contributed by atoms with van der Waals surface area (Å²) in [6.07, 6.45) is 1.70. The average molecular weight is 324 g/mol. The molecule has 5 nitrogen and oxygen atoms in total. The zero-order chi connectivity index (χ0) is 15.7. The molecule has 2 heterocycles. The van der Waals surface area contributed by atoms with E-state index in [-0.39, 0.29) is 0 Å². The van der Waals surface area contributed by atoms with Gasteiger partial charge in [0.15, 0.2) is 0 Å². The van der Waals surface area contributed by atoms with Gasteiger partial charge in [0.25, 0.3) is 0 Å². The van der Waals surface area contributed by atoms with Crippen molar-refractivity contribution < 1.29 is 13.2 Å². The van der Waals surface area contributed by atoms with Crippen molar-refractivity contribution >= 4 is 10.0 Å². The molecule has 1 fully saturated rings. The van der Waals surface area contributed by atoms with E-state index in [1.165, 1.54) is 0 Å². The fraction of sp³-hybridized carbons (Fsp3) is 0.625. The Bertz CT molecular complexity index is 641. The van der Waals surface area contributed by atoms with E-state index in [1.807, 2.05) is 0 Å². The summed E-state index contributed by atoms with van der Waals surface area (Å²) < 4.78 is 32.8. The Morgan fingerprint density at radius 1 is 1.32 bits per heavy atom. The molecule has 22 heavy (non-hydrogen) atoms. The van der Waals surface area contributed by atoms with Gasteiger partial charge >= 0.3 is 0 Å². The van der Waals surface area contributed by atoms with E-state index in [9.17, 15) is 8.42 Å². The number of benzene rings is 1. The van der Waals surface area contributed by atoms with Crippen LogP contribution in [0, 0.1) is 0 Å². The van der Waals surface area contributed by atoms with Crippen LogP contribution in [-0.4, -0.2) is 56.5 Å². The Morgan fingerprint density at radius 2 is 2.09 bits per heavy atom. The van der Waals surface area contributed by atoms with Crippen LogP contribution in [-0.2, 0) is 16.4 Å². The number of sulfonamides is 1. The number of ether oxygens (including phenoxy) is 1. The van der Waals surface area contributed by atoms with E-state index in [1.54, 1.807) is 22.5 Å². The van der Waals surface area contributed by atoms with Crippen molar-refractivity contribution in [2.45, 2.75) is 37.6 Å². The van der Waals surface area contributed by atoms with Gasteiger partial charge in [-0.3, -0.25) is 4.90 Å². The highest BCUT2D eigenvalue weighted by Crippen LogP contribution is 2.30. The summed E-state index contributed by atoms with van der Waals surface area (Å²) in [4.78, 5) is 2.74. The number of nitrogens with zero attached hydrogens (tertiary/aromatic N) is 2. The quantitative estimate of drug-likeness (QED) is 0.828. The molecule has 0 aromatic heterocycles. The second-order valence-corrected chi connectivity index (χ2v) is 7.83. The number of rotatable bonds is 5. The van der Waals surface area contributed by atoms with E-state index in [2.05, 4.69) is 18.7 Å². The molecule has 0 amide bonds. The van der Waals surface area contributed by atoms with Gasteiger partial charge < -0.3 is 4.74 Å². The van der Waals surface area contributed by atoms with Crippen LogP contribution in [0.5, 0.6) is 5.75 Å². The summed E-state index contributed by atoms with van der Waals surface area (Å²) in [6, 6.07) is 5.57. The predicted molar refractivity (Wildman–Crippen MR) is 85.7 cm³/mol. The highest BCUT2D eigenvalue weighted by molar-refractivity contribution is 7.89. The normalized spacial score (nSPS) is 22.0. The largest absolute Gasteiger partial charge is 0.493 e. The molecule has 1 atom stereocenters. The Hall–Kier alpha value is -1.11. The molecular weight excluding hydrogens is 300 g/mol. The second kappa shape index (κ2) is 6.18. The van der Waals surface area contributed by atoms with Crippen molar-refractivity contribution in [1.82, 2.24) is 9.21 Å². The molecule has 122 valence electrons. The molecular formula is C16H24N2O3S. The Labute approximate surface area is 132 Å². The third-order valence-electron chi connectivity index (χ3n) is 4.75. The van der Waals surface area contributed by atoms with E-state index in [0.717, 1.165) is 37.2 Å². The molecule has 1 unspecified atom stereocenters. The van der Waals surface area contributed by atoms with Crippen LogP contribution in [0.15, 0.2) is 23.1 Å². The highest BCUT2D eigenvalue weighted by Gasteiger charge is 2.34. The predicted octanol–water partition coefficient (Wildman–Crippen LogP) is 1.73. The van der Waals surface area contributed by atoms with Gasteiger partial charge in [0, 0.05) is 25.6 Å². The minimum atomic E-state index is -3.39. The zero-order valence-corrected chi connectivity index (χ0v) is 14.1. The molecule has 2 aliphatic rings. The Morgan fingerprint density at radius 3 is 2.82 bits per heavy atom. The van der Waals surface area contributed by atoms with Gasteiger partial charge in [0.2, 0.25) is 10.0 Å². The molecule has 2 aliphatic heterocycles. The summed E-state index contributed by atoms with van der Waals surface area (Å²) in [5.41, 5.74) is 1.00. The maximum absolute atomic E-state index is 12.8. The number of hydrogen-bond donors (Lipinski definition) is 0. The maximum Gasteiger partial charge on any atom is 0.243 e. The first-order chi connectivity index (χ1) is 10.6. The molecule has 0 radical (unpaired) electrons. The smallest absolute Gasteiger partial charge is 0.243 e. The standard InChI is InChI=1S/C16H24N2O3S/c1-3-17(4-2)14-7-9-18(12-14)22(19,20)15-5-6-16-13(11-15)8-10-21-16/h5-6,11,14H,3-4,7-10,12H2,1-2H3. The van der Waals surface area contributed by atoms with Crippen molar-refractivity contribution in [2.75, 3.05) is 32.8 Å². The fourth-order valence-corrected chi connectivity index (χ4v) is 4.98. The van der Waals surface area contributed by atoms with Crippen molar-refractivity contribution in [3.63, 3.8) is 0 Å². The maximum atomic E-state index is 12.8. The molecule has 0 spiro atoms. The van der Waals surface area contributed by atoms with Crippen molar-refractivity contribution in [3.8, 4) is 5.75 Å². The third-order valence-corrected chi connectivity index (χ3v) is 6.61. The molecule has 3 rings (SSSR count). The van der Waals surface area contributed by atoms with Crippen molar-refractivity contribution in [1.29, 1.82) is 0 Å². The minimum Gasteiger partial charge on any atom is -0.493 e. The third kappa shape index (κ3) is 2.75. The van der Waals surface area contributed by atoms with Crippen LogP contribution in [0.4, 0.5) is 0 Å². The fourth-order valence-electron chi connectivity index (χ4n) is 3.44. The van der Waals surface area contributed by atoms with Gasteiger partial charge in [0.05, 0.1) is 11.5 Å². The molecule has 1 saturated heterocycles. The average Bonchev–Trinajstić information content (AvgIpc) is 3.17. The molecule has 0 saturated carbocycles. The second-order valence-electron chi connectivity index (χ2n) is 5.89. The molecule has 1 aromatic carbocycles. The van der Waals surface area contributed by atoms with Crippen LogP contribution in [0.2, 0.25) is 0 Å². The number of hydrogen-bond acceptors (Lipinski definition) is 4. The number of fused-ring (bicyclic) bond motifs is 1. The van der Waals surface area contributed by atoms with E-state index in [4.69, 9.17) is 4.74 Å². The summed E-state index contributed by atoms with van der Waals surface area (Å²) in [6.45, 7) is 8.03. The minimum absolute atomic E-state index is 0.336.